The summed E-state index contributed by atoms with van der Waals surface area (Å²) in [7, 11) is 0. The smallest absolute Gasteiger partial charge is 0.251 e. The van der Waals surface area contributed by atoms with Crippen LogP contribution >= 0.6 is 24.0 Å². The van der Waals surface area contributed by atoms with E-state index in [1.54, 1.807) is 6.07 Å². The number of nitrogens with zero attached hydrogens (tertiary/aromatic N) is 1. The number of hydrogen-bond acceptors (Lipinski definition) is 2. The molecule has 6 heteroatoms. The van der Waals surface area contributed by atoms with Gasteiger partial charge < -0.3 is 16.4 Å². The lowest BCUT2D eigenvalue weighted by molar-refractivity contribution is 0.0919. The summed E-state index contributed by atoms with van der Waals surface area (Å²) in [6.07, 6.45) is 0.888. The van der Waals surface area contributed by atoms with Crippen LogP contribution in [0.1, 0.15) is 42.3 Å². The van der Waals surface area contributed by atoms with Crippen molar-refractivity contribution in [2.24, 2.45) is 10.7 Å². The van der Waals surface area contributed by atoms with Crippen LogP contribution in [-0.4, -0.2) is 24.0 Å². The van der Waals surface area contributed by atoms with Gasteiger partial charge in [0.05, 0.1) is 6.54 Å². The van der Waals surface area contributed by atoms with E-state index in [9.17, 15) is 4.79 Å². The predicted octanol–water partition coefficient (Wildman–Crippen LogP) is 3.48. The molecule has 1 amide bonds. The molecule has 0 unspecified atom stereocenters. The number of carbonyl (C=O) groups is 1. The summed E-state index contributed by atoms with van der Waals surface area (Å²) in [6.45, 7) is 7.04. The maximum Gasteiger partial charge on any atom is 0.251 e. The number of nitrogens with two attached hydrogens (primary N) is 1. The van der Waals surface area contributed by atoms with Crippen LogP contribution in [0.15, 0.2) is 59.6 Å². The number of carbonyl (C=O) groups excluding carboxylic acids is 1. The summed E-state index contributed by atoms with van der Waals surface area (Å²) in [4.78, 5) is 16.6. The first-order valence-electron chi connectivity index (χ1n) is 8.83. The van der Waals surface area contributed by atoms with Crippen LogP contribution in [0.3, 0.4) is 0 Å². The van der Waals surface area contributed by atoms with Crippen LogP contribution in [0.4, 0.5) is 0 Å². The van der Waals surface area contributed by atoms with Gasteiger partial charge in [0.15, 0.2) is 5.96 Å². The maximum absolute atomic E-state index is 12.2. The van der Waals surface area contributed by atoms with E-state index in [4.69, 9.17) is 5.73 Å². The Morgan fingerprint density at radius 1 is 1.04 bits per heavy atom. The van der Waals surface area contributed by atoms with Crippen molar-refractivity contribution in [1.29, 1.82) is 0 Å². The van der Waals surface area contributed by atoms with Crippen molar-refractivity contribution in [3.05, 3.63) is 71.3 Å². The van der Waals surface area contributed by atoms with Crippen molar-refractivity contribution < 1.29 is 4.79 Å². The first kappa shape index (κ1) is 23.0. The van der Waals surface area contributed by atoms with E-state index >= 15 is 0 Å². The van der Waals surface area contributed by atoms with E-state index in [-0.39, 0.29) is 35.4 Å². The minimum atomic E-state index is -0.266. The Hall–Kier alpha value is -2.09. The van der Waals surface area contributed by atoms with Crippen LogP contribution in [-0.2, 0) is 13.0 Å². The quantitative estimate of drug-likeness (QED) is 0.337. The molecule has 0 aliphatic heterocycles. The Bertz CT molecular complexity index is 754. The molecule has 0 saturated heterocycles. The zero-order chi connectivity index (χ0) is 19.0. The lowest BCUT2D eigenvalue weighted by Gasteiger charge is -2.20. The molecule has 0 fully saturated rings. The highest BCUT2D eigenvalue weighted by molar-refractivity contribution is 14.0. The van der Waals surface area contributed by atoms with Gasteiger partial charge >= 0.3 is 0 Å². The Kier molecular flexibility index (Phi) is 9.28. The normalized spacial score (nSPS) is 11.4. The topological polar surface area (TPSA) is 79.5 Å². The molecule has 146 valence electrons. The SMILES string of the molecule is CC(C)(C)NC(=O)c1cccc(CN=C(N)NCCc2ccccc2)c1.I. The molecular weight excluding hydrogens is 451 g/mol. The van der Waals surface area contributed by atoms with Gasteiger partial charge in [-0.05, 0) is 50.5 Å². The Labute approximate surface area is 178 Å². The molecule has 0 heterocycles. The monoisotopic (exact) mass is 480 g/mol. The second kappa shape index (κ2) is 10.9. The lowest BCUT2D eigenvalue weighted by Crippen LogP contribution is -2.40. The highest BCUT2D eigenvalue weighted by Gasteiger charge is 2.15. The molecule has 0 aliphatic carbocycles. The molecule has 27 heavy (non-hydrogen) atoms. The number of aliphatic imine (C=N–C) groups is 1. The molecule has 5 nitrogen and oxygen atoms in total. The molecular formula is C21H29IN4O. The van der Waals surface area contributed by atoms with Crippen LogP contribution in [0.25, 0.3) is 0 Å². The minimum Gasteiger partial charge on any atom is -0.370 e. The summed E-state index contributed by atoms with van der Waals surface area (Å²) in [5, 5.41) is 6.08. The van der Waals surface area contributed by atoms with Crippen molar-refractivity contribution >= 4 is 35.8 Å². The van der Waals surface area contributed by atoms with E-state index in [2.05, 4.69) is 27.8 Å². The van der Waals surface area contributed by atoms with E-state index in [0.29, 0.717) is 18.1 Å². The second-order valence-electron chi connectivity index (χ2n) is 7.27. The zero-order valence-electron chi connectivity index (χ0n) is 16.2. The Balaban J connectivity index is 0.00000364. The average Bonchev–Trinajstić information content (AvgIpc) is 2.60. The molecule has 2 rings (SSSR count). The number of hydrogen-bond donors (Lipinski definition) is 3. The second-order valence-corrected chi connectivity index (χ2v) is 7.27. The van der Waals surface area contributed by atoms with Gasteiger partial charge in [-0.15, -0.1) is 24.0 Å². The minimum absolute atomic E-state index is 0. The van der Waals surface area contributed by atoms with E-state index in [1.807, 2.05) is 57.2 Å². The van der Waals surface area contributed by atoms with Crippen molar-refractivity contribution in [3.8, 4) is 0 Å². The van der Waals surface area contributed by atoms with Gasteiger partial charge in [0.25, 0.3) is 5.91 Å². The molecule has 0 aromatic heterocycles. The number of halogens is 1. The maximum atomic E-state index is 12.2. The molecule has 2 aromatic rings. The molecule has 0 radical (unpaired) electrons. The van der Waals surface area contributed by atoms with Gasteiger partial charge in [-0.25, -0.2) is 4.99 Å². The fourth-order valence-corrected chi connectivity index (χ4v) is 2.44. The lowest BCUT2D eigenvalue weighted by atomic mass is 10.1. The van der Waals surface area contributed by atoms with Gasteiger partial charge in [0.2, 0.25) is 0 Å². The summed E-state index contributed by atoms with van der Waals surface area (Å²) in [6, 6.07) is 17.7. The van der Waals surface area contributed by atoms with Crippen LogP contribution < -0.4 is 16.4 Å². The van der Waals surface area contributed by atoms with Gasteiger partial charge in [-0.2, -0.15) is 0 Å². The largest absolute Gasteiger partial charge is 0.370 e. The van der Waals surface area contributed by atoms with E-state index in [0.717, 1.165) is 18.5 Å². The number of guanidine groups is 1. The summed E-state index contributed by atoms with van der Waals surface area (Å²) >= 11 is 0. The number of rotatable bonds is 6. The van der Waals surface area contributed by atoms with Gasteiger partial charge in [0, 0.05) is 17.6 Å². The van der Waals surface area contributed by atoms with Crippen LogP contribution in [0, 0.1) is 0 Å². The van der Waals surface area contributed by atoms with Crippen LogP contribution in [0.2, 0.25) is 0 Å². The van der Waals surface area contributed by atoms with E-state index in [1.165, 1.54) is 5.56 Å². The third-order valence-corrected chi connectivity index (χ3v) is 3.67. The Morgan fingerprint density at radius 3 is 2.37 bits per heavy atom. The standard InChI is InChI=1S/C21H28N4O.HI/c1-21(2,3)25-19(26)18-11-7-10-17(14-18)15-24-20(22)23-13-12-16-8-5-4-6-9-16;/h4-11,14H,12-13,15H2,1-3H3,(H,25,26)(H3,22,23,24);1H. The third-order valence-electron chi connectivity index (χ3n) is 3.67. The number of benzene rings is 2. The predicted molar refractivity (Wildman–Crippen MR) is 123 cm³/mol. The first-order valence-corrected chi connectivity index (χ1v) is 8.83. The molecule has 2 aromatic carbocycles. The van der Waals surface area contributed by atoms with Crippen molar-refractivity contribution in [1.82, 2.24) is 10.6 Å². The molecule has 0 saturated carbocycles. The molecule has 0 atom stereocenters. The van der Waals surface area contributed by atoms with Crippen molar-refractivity contribution in [2.45, 2.75) is 39.3 Å². The molecule has 0 spiro atoms. The van der Waals surface area contributed by atoms with Gasteiger partial charge in [-0.3, -0.25) is 4.79 Å². The highest BCUT2D eigenvalue weighted by Crippen LogP contribution is 2.09. The summed E-state index contributed by atoms with van der Waals surface area (Å²) in [5.41, 5.74) is 8.49. The molecule has 4 N–H and O–H groups in total. The third kappa shape index (κ3) is 8.90. The number of amides is 1. The summed E-state index contributed by atoms with van der Waals surface area (Å²) < 4.78 is 0. The van der Waals surface area contributed by atoms with Crippen LogP contribution in [0.5, 0.6) is 0 Å². The highest BCUT2D eigenvalue weighted by atomic mass is 127. The summed E-state index contributed by atoms with van der Waals surface area (Å²) in [5.74, 6) is 0.322. The van der Waals surface area contributed by atoms with E-state index < -0.39 is 0 Å². The van der Waals surface area contributed by atoms with Crippen molar-refractivity contribution in [3.63, 3.8) is 0 Å². The molecule has 0 bridgehead atoms. The average molecular weight is 480 g/mol. The molecule has 0 aliphatic rings. The fourth-order valence-electron chi connectivity index (χ4n) is 2.44. The fraction of sp³-hybridized carbons (Fsp3) is 0.333. The first-order chi connectivity index (χ1) is 12.3. The van der Waals surface area contributed by atoms with Gasteiger partial charge in [0.1, 0.15) is 0 Å². The van der Waals surface area contributed by atoms with Gasteiger partial charge in [-0.1, -0.05) is 42.5 Å². The number of nitrogens with one attached hydrogen (secondary N) is 2. The zero-order valence-corrected chi connectivity index (χ0v) is 18.5. The Morgan fingerprint density at radius 2 is 1.70 bits per heavy atom. The van der Waals surface area contributed by atoms with Crippen molar-refractivity contribution in [2.75, 3.05) is 6.54 Å².